The molecule has 0 aliphatic rings. The molecule has 0 aliphatic carbocycles. The zero-order chi connectivity index (χ0) is 23.0. The molecule has 1 aromatic heterocycles. The van der Waals surface area contributed by atoms with Crippen LogP contribution in [0.3, 0.4) is 0 Å². The highest BCUT2D eigenvalue weighted by Crippen LogP contribution is 2.38. The van der Waals surface area contributed by atoms with Crippen molar-refractivity contribution in [2.45, 2.75) is 35.9 Å². The standard InChI is InChI=1S/C22H22FNO5S2/c1-21(2,15-7-5-4-6-8-15)22(3,20(26)27)24-31(28,29)19-12-11-18(30-19)14-9-10-17(25)16(23)13-14/h4-13,24-25H,1-3H3,(H,26,27)/t22-/m1/s1. The molecule has 0 saturated carbocycles. The average Bonchev–Trinajstić information content (AvgIpc) is 3.21. The zero-order valence-corrected chi connectivity index (χ0v) is 18.7. The van der Waals surface area contributed by atoms with Crippen molar-refractivity contribution in [2.24, 2.45) is 0 Å². The van der Waals surface area contributed by atoms with E-state index in [1.165, 1.54) is 31.2 Å². The number of hydrogen-bond acceptors (Lipinski definition) is 5. The van der Waals surface area contributed by atoms with E-state index >= 15 is 0 Å². The number of sulfonamides is 1. The number of carboxylic acids is 1. The van der Waals surface area contributed by atoms with Crippen LogP contribution in [0, 0.1) is 5.82 Å². The minimum Gasteiger partial charge on any atom is -0.505 e. The van der Waals surface area contributed by atoms with Gasteiger partial charge in [-0.25, -0.2) is 12.8 Å². The van der Waals surface area contributed by atoms with Gasteiger partial charge in [0.25, 0.3) is 10.0 Å². The average molecular weight is 464 g/mol. The SMILES string of the molecule is CC(C)(c1ccccc1)[C@](C)(NS(=O)(=O)c1ccc(-c2ccc(O)c(F)c2)s1)C(=O)O. The molecule has 3 aromatic rings. The maximum atomic E-state index is 13.7. The first-order valence-corrected chi connectivity index (χ1v) is 11.6. The van der Waals surface area contributed by atoms with E-state index in [1.807, 2.05) is 0 Å². The van der Waals surface area contributed by atoms with E-state index in [2.05, 4.69) is 4.72 Å². The Balaban J connectivity index is 1.98. The summed E-state index contributed by atoms with van der Waals surface area (Å²) in [5, 5.41) is 19.3. The molecule has 0 unspecified atom stereocenters. The van der Waals surface area contributed by atoms with Crippen LogP contribution in [-0.4, -0.2) is 30.1 Å². The Morgan fingerprint density at radius 2 is 1.68 bits per heavy atom. The maximum absolute atomic E-state index is 13.7. The predicted octanol–water partition coefficient (Wildman–Crippen LogP) is 4.36. The Morgan fingerprint density at radius 3 is 2.26 bits per heavy atom. The summed E-state index contributed by atoms with van der Waals surface area (Å²) in [7, 11) is -4.22. The van der Waals surface area contributed by atoms with Gasteiger partial charge in [0.1, 0.15) is 9.75 Å². The molecule has 1 atom stereocenters. The van der Waals surface area contributed by atoms with Crippen molar-refractivity contribution in [3.05, 3.63) is 72.0 Å². The second kappa shape index (κ2) is 8.07. The van der Waals surface area contributed by atoms with Gasteiger partial charge < -0.3 is 10.2 Å². The Morgan fingerprint density at radius 1 is 1.03 bits per heavy atom. The normalized spacial score (nSPS) is 14.2. The monoisotopic (exact) mass is 463 g/mol. The zero-order valence-electron chi connectivity index (χ0n) is 17.1. The van der Waals surface area contributed by atoms with Crippen molar-refractivity contribution >= 4 is 27.3 Å². The molecule has 0 aliphatic heterocycles. The largest absolute Gasteiger partial charge is 0.505 e. The fourth-order valence-electron chi connectivity index (χ4n) is 3.18. The summed E-state index contributed by atoms with van der Waals surface area (Å²) in [6.45, 7) is 4.67. The first kappa shape index (κ1) is 22.9. The van der Waals surface area contributed by atoms with E-state index in [4.69, 9.17) is 0 Å². The van der Waals surface area contributed by atoms with Crippen LogP contribution in [0.2, 0.25) is 0 Å². The molecule has 9 heteroatoms. The molecule has 1 heterocycles. The minimum atomic E-state index is -4.22. The molecule has 0 amide bonds. The third-order valence-corrected chi connectivity index (χ3v) is 8.77. The summed E-state index contributed by atoms with van der Waals surface area (Å²) in [6.07, 6.45) is 0. The summed E-state index contributed by atoms with van der Waals surface area (Å²) in [4.78, 5) is 12.7. The topological polar surface area (TPSA) is 104 Å². The fourth-order valence-corrected chi connectivity index (χ4v) is 5.98. The smallest absolute Gasteiger partial charge is 0.325 e. The van der Waals surface area contributed by atoms with E-state index in [-0.39, 0.29) is 4.21 Å². The summed E-state index contributed by atoms with van der Waals surface area (Å²) in [5.74, 6) is -2.64. The van der Waals surface area contributed by atoms with Crippen molar-refractivity contribution in [3.63, 3.8) is 0 Å². The van der Waals surface area contributed by atoms with Gasteiger partial charge in [0.05, 0.1) is 0 Å². The van der Waals surface area contributed by atoms with Crippen molar-refractivity contribution in [1.82, 2.24) is 4.72 Å². The van der Waals surface area contributed by atoms with Crippen LogP contribution in [0.1, 0.15) is 26.3 Å². The molecule has 0 saturated heterocycles. The van der Waals surface area contributed by atoms with Crippen LogP contribution in [-0.2, 0) is 20.2 Å². The molecular weight excluding hydrogens is 441 g/mol. The predicted molar refractivity (Wildman–Crippen MR) is 117 cm³/mol. The number of halogens is 1. The number of thiophene rings is 1. The number of aromatic hydroxyl groups is 1. The highest BCUT2D eigenvalue weighted by Gasteiger charge is 2.51. The van der Waals surface area contributed by atoms with Gasteiger partial charge >= 0.3 is 5.97 Å². The number of benzene rings is 2. The van der Waals surface area contributed by atoms with Crippen LogP contribution in [0.4, 0.5) is 4.39 Å². The van der Waals surface area contributed by atoms with E-state index in [1.54, 1.807) is 44.2 Å². The molecule has 3 N–H and O–H groups in total. The van der Waals surface area contributed by atoms with Gasteiger partial charge in [0.15, 0.2) is 11.6 Å². The number of nitrogens with one attached hydrogen (secondary N) is 1. The van der Waals surface area contributed by atoms with Crippen molar-refractivity contribution < 1.29 is 27.8 Å². The van der Waals surface area contributed by atoms with Crippen LogP contribution < -0.4 is 4.72 Å². The number of aliphatic carboxylic acids is 1. The lowest BCUT2D eigenvalue weighted by atomic mass is 9.69. The van der Waals surface area contributed by atoms with Crippen LogP contribution in [0.5, 0.6) is 5.75 Å². The Hall–Kier alpha value is -2.75. The van der Waals surface area contributed by atoms with E-state index in [0.29, 0.717) is 16.0 Å². The first-order chi connectivity index (χ1) is 14.4. The molecule has 2 aromatic carbocycles. The quantitative estimate of drug-likeness (QED) is 0.483. The summed E-state index contributed by atoms with van der Waals surface area (Å²) < 4.78 is 42.2. The van der Waals surface area contributed by atoms with E-state index < -0.39 is 38.5 Å². The lowest BCUT2D eigenvalue weighted by Crippen LogP contribution is -2.62. The molecule has 0 spiro atoms. The summed E-state index contributed by atoms with van der Waals surface area (Å²) >= 11 is 0.875. The number of hydrogen-bond donors (Lipinski definition) is 3. The minimum absolute atomic E-state index is 0.104. The number of carboxylic acid groups (broad SMARTS) is 1. The van der Waals surface area contributed by atoms with Gasteiger partial charge in [-0.3, -0.25) is 4.79 Å². The number of phenols is 1. The third-order valence-electron chi connectivity index (χ3n) is 5.59. The van der Waals surface area contributed by atoms with Crippen LogP contribution >= 0.6 is 11.3 Å². The van der Waals surface area contributed by atoms with Crippen LogP contribution in [0.15, 0.2) is 64.9 Å². The van der Waals surface area contributed by atoms with E-state index in [0.717, 1.165) is 17.4 Å². The maximum Gasteiger partial charge on any atom is 0.325 e. The second-order valence-corrected chi connectivity index (χ2v) is 10.8. The summed E-state index contributed by atoms with van der Waals surface area (Å²) in [6, 6.07) is 15.4. The molecule has 31 heavy (non-hydrogen) atoms. The molecule has 0 fully saturated rings. The molecule has 0 bridgehead atoms. The van der Waals surface area contributed by atoms with Crippen LogP contribution in [0.25, 0.3) is 10.4 Å². The van der Waals surface area contributed by atoms with Gasteiger partial charge in [-0.05, 0) is 48.4 Å². The van der Waals surface area contributed by atoms with Gasteiger partial charge in [-0.1, -0.05) is 44.2 Å². The Kier molecular flexibility index (Phi) is 5.96. The number of carbonyl (C=O) groups is 1. The van der Waals surface area contributed by atoms with Crippen molar-refractivity contribution in [2.75, 3.05) is 0 Å². The molecule has 0 radical (unpaired) electrons. The highest BCUT2D eigenvalue weighted by molar-refractivity contribution is 7.91. The number of phenolic OH excluding ortho intramolecular Hbond substituents is 1. The third kappa shape index (κ3) is 4.21. The summed E-state index contributed by atoms with van der Waals surface area (Å²) in [5.41, 5.74) is -1.89. The molecule has 6 nitrogen and oxygen atoms in total. The Labute approximate surface area is 184 Å². The second-order valence-electron chi connectivity index (χ2n) is 7.81. The van der Waals surface area contributed by atoms with Crippen molar-refractivity contribution in [1.29, 1.82) is 0 Å². The van der Waals surface area contributed by atoms with Crippen molar-refractivity contribution in [3.8, 4) is 16.2 Å². The van der Waals surface area contributed by atoms with Gasteiger partial charge in [-0.2, -0.15) is 4.72 Å². The van der Waals surface area contributed by atoms with Gasteiger partial charge in [0.2, 0.25) is 0 Å². The molecule has 3 rings (SSSR count). The fraction of sp³-hybridized carbons (Fsp3) is 0.227. The highest BCUT2D eigenvalue weighted by atomic mass is 32.2. The molecule has 164 valence electrons. The first-order valence-electron chi connectivity index (χ1n) is 9.30. The number of rotatable bonds is 7. The lowest BCUT2D eigenvalue weighted by Gasteiger charge is -2.41. The van der Waals surface area contributed by atoms with Gasteiger partial charge in [0, 0.05) is 10.3 Å². The van der Waals surface area contributed by atoms with Gasteiger partial charge in [-0.15, -0.1) is 11.3 Å². The molecular formula is C22H22FNO5S2. The Bertz CT molecular complexity index is 1220. The lowest BCUT2D eigenvalue weighted by molar-refractivity contribution is -0.146. The van der Waals surface area contributed by atoms with E-state index in [9.17, 15) is 27.8 Å².